The molecule has 4 aromatic rings. The van der Waals surface area contributed by atoms with Crippen molar-refractivity contribution in [1.82, 2.24) is 15.0 Å². The van der Waals surface area contributed by atoms with Crippen molar-refractivity contribution in [3.05, 3.63) is 71.7 Å². The summed E-state index contributed by atoms with van der Waals surface area (Å²) in [7, 11) is -4.26. The fraction of sp³-hybridized carbons (Fsp3) is 0.174. The summed E-state index contributed by atoms with van der Waals surface area (Å²) in [4.78, 5) is 24.2. The number of fused-ring (bicyclic) bond motifs is 1. The Hall–Kier alpha value is -4.06. The van der Waals surface area contributed by atoms with Crippen molar-refractivity contribution in [3.8, 4) is 0 Å². The summed E-state index contributed by atoms with van der Waals surface area (Å²) in [5.74, 6) is -2.59. The highest BCUT2D eigenvalue weighted by molar-refractivity contribution is 7.92. The smallest absolute Gasteiger partial charge is 0.262 e. The Bertz CT molecular complexity index is 1570. The number of H-pyrrole nitrogens is 1. The number of halogens is 2. The van der Waals surface area contributed by atoms with E-state index < -0.39 is 38.7 Å². The van der Waals surface area contributed by atoms with Gasteiger partial charge in [0.25, 0.3) is 10.0 Å². The van der Waals surface area contributed by atoms with E-state index in [9.17, 15) is 17.6 Å². The van der Waals surface area contributed by atoms with Crippen LogP contribution in [0, 0.1) is 17.6 Å². The molecule has 2 aromatic carbocycles. The van der Waals surface area contributed by atoms with Crippen molar-refractivity contribution in [2.75, 3.05) is 22.3 Å². The standard InChI is InChI=1S/C23H20F2N6O3S/c24-16-6-7-17(31-35(33,34)14-3-1-2-13(26)8-14)20(25)19(16)21(32)15-10-28-23-18(15)22(29-11-30-23)27-9-12-4-5-12/h1-3,6-8,10-12,31H,4-5,9,26H2,(H2,27,28,29,30). The highest BCUT2D eigenvalue weighted by Crippen LogP contribution is 2.32. The van der Waals surface area contributed by atoms with E-state index in [1.54, 1.807) is 0 Å². The van der Waals surface area contributed by atoms with Gasteiger partial charge < -0.3 is 16.0 Å². The minimum atomic E-state index is -4.26. The molecule has 5 N–H and O–H groups in total. The van der Waals surface area contributed by atoms with Gasteiger partial charge >= 0.3 is 0 Å². The van der Waals surface area contributed by atoms with Crippen LogP contribution in [0.15, 0.2) is 53.8 Å². The molecule has 2 heterocycles. The third kappa shape index (κ3) is 4.39. The number of ketones is 1. The van der Waals surface area contributed by atoms with Gasteiger partial charge in [0, 0.05) is 18.4 Å². The first-order valence-electron chi connectivity index (χ1n) is 10.7. The monoisotopic (exact) mass is 498 g/mol. The zero-order valence-electron chi connectivity index (χ0n) is 18.2. The van der Waals surface area contributed by atoms with Crippen LogP contribution in [0.4, 0.5) is 26.0 Å². The number of aromatic nitrogens is 3. The van der Waals surface area contributed by atoms with E-state index >= 15 is 4.39 Å². The zero-order chi connectivity index (χ0) is 24.7. The second-order valence-electron chi connectivity index (χ2n) is 8.26. The van der Waals surface area contributed by atoms with Crippen molar-refractivity contribution in [2.24, 2.45) is 5.92 Å². The van der Waals surface area contributed by atoms with Crippen LogP contribution in [0.25, 0.3) is 11.0 Å². The van der Waals surface area contributed by atoms with Crippen molar-refractivity contribution in [3.63, 3.8) is 0 Å². The number of benzene rings is 2. The Kier molecular flexibility index (Phi) is 5.59. The quantitative estimate of drug-likeness (QED) is 0.214. The number of rotatable bonds is 8. The number of nitrogens with two attached hydrogens (primary N) is 1. The van der Waals surface area contributed by atoms with Gasteiger partial charge in [-0.1, -0.05) is 6.07 Å². The molecule has 0 unspecified atom stereocenters. The molecule has 12 heteroatoms. The minimum Gasteiger partial charge on any atom is -0.399 e. The lowest BCUT2D eigenvalue weighted by atomic mass is 10.0. The van der Waals surface area contributed by atoms with Crippen molar-refractivity contribution in [1.29, 1.82) is 0 Å². The molecule has 0 atom stereocenters. The molecule has 0 amide bonds. The third-order valence-corrected chi connectivity index (χ3v) is 7.06. The Morgan fingerprint density at radius 3 is 2.71 bits per heavy atom. The number of carbonyl (C=O) groups excluding carboxylic acids is 1. The first-order chi connectivity index (χ1) is 16.7. The number of sulfonamides is 1. The minimum absolute atomic E-state index is 0.0486. The summed E-state index contributed by atoms with van der Waals surface area (Å²) in [5, 5.41) is 3.46. The van der Waals surface area contributed by atoms with Crippen LogP contribution in [-0.2, 0) is 10.0 Å². The van der Waals surface area contributed by atoms with E-state index in [4.69, 9.17) is 5.73 Å². The summed E-state index contributed by atoms with van der Waals surface area (Å²) < 4.78 is 57.6. The summed E-state index contributed by atoms with van der Waals surface area (Å²) >= 11 is 0. The predicted octanol–water partition coefficient (Wildman–Crippen LogP) is 3.67. The lowest BCUT2D eigenvalue weighted by Crippen LogP contribution is -2.17. The molecule has 1 fully saturated rings. The summed E-state index contributed by atoms with van der Waals surface area (Å²) in [6, 6.07) is 7.12. The van der Waals surface area contributed by atoms with E-state index in [1.165, 1.54) is 36.8 Å². The molecule has 1 saturated carbocycles. The molecule has 2 aromatic heterocycles. The number of carbonyl (C=O) groups is 1. The first-order valence-corrected chi connectivity index (χ1v) is 12.2. The van der Waals surface area contributed by atoms with E-state index in [-0.39, 0.29) is 16.1 Å². The Labute approximate surface area is 198 Å². The van der Waals surface area contributed by atoms with Crippen LogP contribution >= 0.6 is 0 Å². The number of hydrogen-bond acceptors (Lipinski definition) is 7. The molecule has 0 spiro atoms. The van der Waals surface area contributed by atoms with Crippen LogP contribution in [0.5, 0.6) is 0 Å². The van der Waals surface area contributed by atoms with Crippen LogP contribution in [-0.4, -0.2) is 35.7 Å². The Morgan fingerprint density at radius 1 is 1.17 bits per heavy atom. The van der Waals surface area contributed by atoms with Crippen molar-refractivity contribution < 1.29 is 22.0 Å². The maximum Gasteiger partial charge on any atom is 0.262 e. The molecule has 0 aliphatic heterocycles. The average molecular weight is 499 g/mol. The maximum atomic E-state index is 15.4. The molecule has 35 heavy (non-hydrogen) atoms. The van der Waals surface area contributed by atoms with Gasteiger partial charge in [0.05, 0.1) is 27.1 Å². The lowest BCUT2D eigenvalue weighted by molar-refractivity contribution is 0.103. The van der Waals surface area contributed by atoms with E-state index in [2.05, 4.69) is 25.0 Å². The predicted molar refractivity (Wildman–Crippen MR) is 127 cm³/mol. The van der Waals surface area contributed by atoms with Crippen LogP contribution < -0.4 is 15.8 Å². The molecule has 0 bridgehead atoms. The molecular formula is C23H20F2N6O3S. The van der Waals surface area contributed by atoms with Gasteiger partial charge in [0.1, 0.15) is 23.6 Å². The molecular weight excluding hydrogens is 478 g/mol. The summed E-state index contributed by atoms with van der Waals surface area (Å²) in [5.41, 5.74) is 4.61. The lowest BCUT2D eigenvalue weighted by Gasteiger charge is -2.12. The molecule has 0 saturated heterocycles. The molecule has 0 radical (unpaired) electrons. The number of hydrogen-bond donors (Lipinski definition) is 4. The van der Waals surface area contributed by atoms with Crippen LogP contribution in [0.2, 0.25) is 0 Å². The SMILES string of the molecule is Nc1cccc(S(=O)(=O)Nc2ccc(F)c(C(=O)c3c[nH]c4ncnc(NCC5CC5)c34)c2F)c1. The molecule has 1 aliphatic rings. The van der Waals surface area contributed by atoms with Crippen LogP contribution in [0.3, 0.4) is 0 Å². The number of nitrogens with one attached hydrogen (secondary N) is 3. The number of anilines is 3. The topological polar surface area (TPSA) is 143 Å². The highest BCUT2D eigenvalue weighted by atomic mass is 32.2. The first kappa shape index (κ1) is 22.7. The van der Waals surface area contributed by atoms with Gasteiger partial charge in [-0.25, -0.2) is 27.2 Å². The Morgan fingerprint density at radius 2 is 1.97 bits per heavy atom. The molecule has 1 aliphatic carbocycles. The summed E-state index contributed by atoms with van der Waals surface area (Å²) in [6.45, 7) is 0.648. The van der Waals surface area contributed by atoms with E-state index in [0.29, 0.717) is 29.3 Å². The summed E-state index contributed by atoms with van der Waals surface area (Å²) in [6.07, 6.45) is 4.80. The third-order valence-electron chi connectivity index (χ3n) is 5.70. The van der Waals surface area contributed by atoms with E-state index in [0.717, 1.165) is 25.0 Å². The second-order valence-corrected chi connectivity index (χ2v) is 9.95. The maximum absolute atomic E-state index is 15.4. The highest BCUT2D eigenvalue weighted by Gasteiger charge is 2.28. The average Bonchev–Trinajstić information content (AvgIpc) is 3.55. The van der Waals surface area contributed by atoms with Gasteiger partial charge in [-0.15, -0.1) is 0 Å². The van der Waals surface area contributed by atoms with Gasteiger partial charge in [0.15, 0.2) is 5.82 Å². The van der Waals surface area contributed by atoms with Gasteiger partial charge in [0.2, 0.25) is 5.78 Å². The van der Waals surface area contributed by atoms with Gasteiger partial charge in [-0.3, -0.25) is 9.52 Å². The number of nitrogen functional groups attached to an aromatic ring is 1. The van der Waals surface area contributed by atoms with Crippen molar-refractivity contribution in [2.45, 2.75) is 17.7 Å². The fourth-order valence-electron chi connectivity index (χ4n) is 3.70. The van der Waals surface area contributed by atoms with E-state index in [1.807, 2.05) is 0 Å². The number of aromatic amines is 1. The second kappa shape index (κ2) is 8.62. The Balaban J connectivity index is 1.53. The van der Waals surface area contributed by atoms with Crippen molar-refractivity contribution >= 4 is 44.0 Å². The zero-order valence-corrected chi connectivity index (χ0v) is 19.0. The normalized spacial score (nSPS) is 13.7. The van der Waals surface area contributed by atoms with Crippen LogP contribution in [0.1, 0.15) is 28.8 Å². The molecule has 9 nitrogen and oxygen atoms in total. The van der Waals surface area contributed by atoms with Gasteiger partial charge in [-0.05, 0) is 49.1 Å². The molecule has 5 rings (SSSR count). The fourth-order valence-corrected chi connectivity index (χ4v) is 4.81. The molecule has 180 valence electrons. The van der Waals surface area contributed by atoms with Gasteiger partial charge in [-0.2, -0.15) is 0 Å². The number of nitrogens with zero attached hydrogens (tertiary/aromatic N) is 2. The largest absolute Gasteiger partial charge is 0.399 e.